The first kappa shape index (κ1) is 15.8. The van der Waals surface area contributed by atoms with Crippen LogP contribution in [0, 0.1) is 11.2 Å². The predicted octanol–water partition coefficient (Wildman–Crippen LogP) is 4.38. The molecule has 1 unspecified atom stereocenters. The predicted molar refractivity (Wildman–Crippen MR) is 82.0 cm³/mol. The Morgan fingerprint density at radius 3 is 2.81 bits per heavy atom. The Bertz CT molecular complexity index is 514. The lowest BCUT2D eigenvalue weighted by atomic mass is 9.85. The average Bonchev–Trinajstić information content (AvgIpc) is 2.61. The second-order valence-corrected chi connectivity index (χ2v) is 6.62. The van der Waals surface area contributed by atoms with Crippen molar-refractivity contribution in [1.29, 1.82) is 0 Å². The van der Waals surface area contributed by atoms with Gasteiger partial charge in [0.1, 0.15) is 5.82 Å². The molecule has 0 saturated heterocycles. The molecule has 1 aliphatic carbocycles. The van der Waals surface area contributed by atoms with Crippen LogP contribution in [0.5, 0.6) is 0 Å². The maximum atomic E-state index is 13.9. The first-order valence-corrected chi connectivity index (χ1v) is 7.56. The summed E-state index contributed by atoms with van der Waals surface area (Å²) in [4.78, 5) is 11.5. The van der Waals surface area contributed by atoms with Crippen LogP contribution in [0.3, 0.4) is 0 Å². The van der Waals surface area contributed by atoms with E-state index in [-0.39, 0.29) is 11.9 Å². The molecule has 1 atom stereocenters. The molecule has 1 aliphatic rings. The van der Waals surface area contributed by atoms with Gasteiger partial charge in [-0.2, -0.15) is 0 Å². The largest absolute Gasteiger partial charge is 0.465 e. The molecule has 0 radical (unpaired) electrons. The molecule has 1 aromatic carbocycles. The quantitative estimate of drug-likeness (QED) is 0.664. The summed E-state index contributed by atoms with van der Waals surface area (Å²) in [6.45, 7) is 4.57. The minimum absolute atomic E-state index is 0.258. The number of carbonyl (C=O) groups is 1. The van der Waals surface area contributed by atoms with Gasteiger partial charge >= 0.3 is 5.97 Å². The molecule has 0 heterocycles. The van der Waals surface area contributed by atoms with Gasteiger partial charge in [0.2, 0.25) is 0 Å². The summed E-state index contributed by atoms with van der Waals surface area (Å²) in [5.41, 5.74) is 1.13. The van der Waals surface area contributed by atoms with Gasteiger partial charge in [0.05, 0.1) is 18.4 Å². The Morgan fingerprint density at radius 1 is 1.33 bits per heavy atom. The van der Waals surface area contributed by atoms with Gasteiger partial charge in [-0.05, 0) is 49.3 Å². The topological polar surface area (TPSA) is 38.3 Å². The van der Waals surface area contributed by atoms with Crippen LogP contribution in [0.2, 0.25) is 0 Å². The van der Waals surface area contributed by atoms with Crippen molar-refractivity contribution < 1.29 is 13.9 Å². The van der Waals surface area contributed by atoms with Gasteiger partial charge < -0.3 is 10.1 Å². The van der Waals surface area contributed by atoms with Crippen molar-refractivity contribution in [1.82, 2.24) is 0 Å². The molecule has 0 spiro atoms. The summed E-state index contributed by atoms with van der Waals surface area (Å²) in [6.07, 6.45) is 5.53. The minimum atomic E-state index is -0.444. The number of hydrogen-bond acceptors (Lipinski definition) is 3. The zero-order chi connectivity index (χ0) is 15.5. The lowest BCUT2D eigenvalue weighted by molar-refractivity contribution is 0.0600. The fraction of sp³-hybridized carbons (Fsp3) is 0.588. The van der Waals surface area contributed by atoms with Crippen molar-refractivity contribution in [2.45, 2.75) is 52.0 Å². The molecule has 116 valence electrons. The van der Waals surface area contributed by atoms with Crippen LogP contribution in [0.15, 0.2) is 18.2 Å². The van der Waals surface area contributed by atoms with Gasteiger partial charge in [0.25, 0.3) is 0 Å². The number of hydrogen-bond donors (Lipinski definition) is 1. The number of ether oxygens (including phenoxy) is 1. The van der Waals surface area contributed by atoms with Crippen LogP contribution in [-0.4, -0.2) is 19.1 Å². The van der Waals surface area contributed by atoms with Crippen LogP contribution < -0.4 is 5.32 Å². The molecule has 0 aromatic heterocycles. The second kappa shape index (κ2) is 6.46. The van der Waals surface area contributed by atoms with E-state index in [2.05, 4.69) is 23.9 Å². The van der Waals surface area contributed by atoms with Crippen molar-refractivity contribution in [2.75, 3.05) is 12.4 Å². The van der Waals surface area contributed by atoms with E-state index in [1.807, 2.05) is 0 Å². The van der Waals surface area contributed by atoms with E-state index in [0.717, 1.165) is 25.7 Å². The van der Waals surface area contributed by atoms with E-state index >= 15 is 0 Å². The zero-order valence-corrected chi connectivity index (χ0v) is 13.0. The fourth-order valence-electron chi connectivity index (χ4n) is 2.91. The molecule has 4 heteroatoms. The molecule has 0 bridgehead atoms. The van der Waals surface area contributed by atoms with Gasteiger partial charge in [0, 0.05) is 6.04 Å². The number of benzene rings is 1. The SMILES string of the molecule is COC(=O)c1ccc(F)c(NC2CCCC(C)(C)CC2)c1. The van der Waals surface area contributed by atoms with Crippen molar-refractivity contribution in [3.63, 3.8) is 0 Å². The Morgan fingerprint density at radius 2 is 2.10 bits per heavy atom. The molecule has 1 fully saturated rings. The Kier molecular flexibility index (Phi) is 4.86. The molecular weight excluding hydrogens is 269 g/mol. The van der Waals surface area contributed by atoms with E-state index in [9.17, 15) is 9.18 Å². The Balaban J connectivity index is 2.10. The van der Waals surface area contributed by atoms with Crippen molar-refractivity contribution >= 4 is 11.7 Å². The van der Waals surface area contributed by atoms with Crippen LogP contribution in [0.4, 0.5) is 10.1 Å². The third-order valence-electron chi connectivity index (χ3n) is 4.32. The summed E-state index contributed by atoms with van der Waals surface area (Å²) >= 11 is 0. The van der Waals surface area contributed by atoms with Crippen LogP contribution >= 0.6 is 0 Å². The summed E-state index contributed by atoms with van der Waals surface area (Å²) in [5, 5.41) is 3.26. The highest BCUT2D eigenvalue weighted by Gasteiger charge is 2.24. The standard InChI is InChI=1S/C17H24FNO2/c1-17(2)9-4-5-13(8-10-17)19-15-11-12(16(20)21-3)6-7-14(15)18/h6-7,11,13,19H,4-5,8-10H2,1-3H3. The van der Waals surface area contributed by atoms with Crippen molar-refractivity contribution in [3.8, 4) is 0 Å². The molecule has 1 saturated carbocycles. The third kappa shape index (κ3) is 4.19. The molecule has 0 aliphatic heterocycles. The molecule has 1 aromatic rings. The van der Waals surface area contributed by atoms with Gasteiger partial charge in [0.15, 0.2) is 0 Å². The van der Waals surface area contributed by atoms with E-state index in [4.69, 9.17) is 0 Å². The number of nitrogens with one attached hydrogen (secondary N) is 1. The highest BCUT2D eigenvalue weighted by molar-refractivity contribution is 5.90. The highest BCUT2D eigenvalue weighted by atomic mass is 19.1. The van der Waals surface area contributed by atoms with Gasteiger partial charge in [-0.15, -0.1) is 0 Å². The molecule has 3 nitrogen and oxygen atoms in total. The number of carbonyl (C=O) groups excluding carboxylic acids is 1. The Labute approximate surface area is 125 Å². The average molecular weight is 293 g/mol. The summed E-state index contributed by atoms with van der Waals surface area (Å²) in [6, 6.07) is 4.56. The van der Waals surface area contributed by atoms with Crippen LogP contribution in [0.25, 0.3) is 0 Å². The number of rotatable bonds is 3. The molecular formula is C17H24FNO2. The van der Waals surface area contributed by atoms with Crippen molar-refractivity contribution in [3.05, 3.63) is 29.6 Å². The van der Waals surface area contributed by atoms with Crippen LogP contribution in [-0.2, 0) is 4.74 Å². The Hall–Kier alpha value is -1.58. The first-order chi connectivity index (χ1) is 9.91. The lowest BCUT2D eigenvalue weighted by Gasteiger charge is -2.22. The lowest BCUT2D eigenvalue weighted by Crippen LogP contribution is -2.20. The number of anilines is 1. The number of esters is 1. The number of methoxy groups -OCH3 is 1. The molecule has 0 amide bonds. The smallest absolute Gasteiger partial charge is 0.337 e. The maximum absolute atomic E-state index is 13.9. The molecule has 21 heavy (non-hydrogen) atoms. The van der Waals surface area contributed by atoms with E-state index in [1.165, 1.54) is 31.7 Å². The number of halogens is 1. The van der Waals surface area contributed by atoms with Gasteiger partial charge in [-0.25, -0.2) is 9.18 Å². The van der Waals surface area contributed by atoms with Crippen molar-refractivity contribution in [2.24, 2.45) is 5.41 Å². The van der Waals surface area contributed by atoms with Gasteiger partial charge in [-0.1, -0.05) is 20.3 Å². The summed E-state index contributed by atoms with van der Waals surface area (Å²) in [7, 11) is 1.33. The minimum Gasteiger partial charge on any atom is -0.465 e. The highest BCUT2D eigenvalue weighted by Crippen LogP contribution is 2.35. The second-order valence-electron chi connectivity index (χ2n) is 6.62. The molecule has 2 rings (SSSR count). The maximum Gasteiger partial charge on any atom is 0.337 e. The zero-order valence-electron chi connectivity index (χ0n) is 13.0. The van der Waals surface area contributed by atoms with Gasteiger partial charge in [-0.3, -0.25) is 0 Å². The molecule has 1 N–H and O–H groups in total. The summed E-state index contributed by atoms with van der Waals surface area (Å²) in [5.74, 6) is -0.772. The summed E-state index contributed by atoms with van der Waals surface area (Å²) < 4.78 is 18.6. The van der Waals surface area contributed by atoms with E-state index in [1.54, 1.807) is 0 Å². The normalized spacial score (nSPS) is 21.4. The van der Waals surface area contributed by atoms with E-state index in [0.29, 0.717) is 16.7 Å². The van der Waals surface area contributed by atoms with E-state index < -0.39 is 5.97 Å². The monoisotopic (exact) mass is 293 g/mol. The third-order valence-corrected chi connectivity index (χ3v) is 4.32. The first-order valence-electron chi connectivity index (χ1n) is 7.56. The van der Waals surface area contributed by atoms with Crippen LogP contribution in [0.1, 0.15) is 56.3 Å². The fourth-order valence-corrected chi connectivity index (χ4v) is 2.91.